The van der Waals surface area contributed by atoms with Gasteiger partial charge in [-0.3, -0.25) is 4.79 Å². The molecule has 0 aliphatic rings. The van der Waals surface area contributed by atoms with Crippen LogP contribution in [0.3, 0.4) is 0 Å². The second kappa shape index (κ2) is 9.27. The first kappa shape index (κ1) is 21.1. The number of nitrogens with one attached hydrogen (secondary N) is 1. The molecule has 1 aromatic heterocycles. The van der Waals surface area contributed by atoms with Crippen LogP contribution in [0.15, 0.2) is 48.8 Å². The van der Waals surface area contributed by atoms with Gasteiger partial charge in [-0.25, -0.2) is 5.43 Å². The van der Waals surface area contributed by atoms with E-state index in [0.717, 1.165) is 23.5 Å². The average Bonchev–Trinajstić information content (AvgIpc) is 3.06. The molecular weight excluding hydrogens is 607 g/mol. The van der Waals surface area contributed by atoms with Gasteiger partial charge in [0.2, 0.25) is 0 Å². The molecule has 0 saturated heterocycles. The van der Waals surface area contributed by atoms with Crippen LogP contribution in [0.4, 0.5) is 0 Å². The highest BCUT2D eigenvalue weighted by atomic mass is 127. The number of carbonyl (C=O) groups is 1. The Morgan fingerprint density at radius 1 is 1.29 bits per heavy atom. The Morgan fingerprint density at radius 3 is 2.79 bits per heavy atom. The molecule has 0 unspecified atom stereocenters. The number of hydrazone groups is 1. The molecule has 3 aromatic rings. The quantitative estimate of drug-likeness (QED) is 0.217. The van der Waals surface area contributed by atoms with Gasteiger partial charge in [0.1, 0.15) is 5.58 Å². The van der Waals surface area contributed by atoms with E-state index in [2.05, 4.69) is 65.0 Å². The predicted octanol–water partition coefficient (Wildman–Crippen LogP) is 5.73. The summed E-state index contributed by atoms with van der Waals surface area (Å²) in [5.41, 5.74) is 3.88. The Kier molecular flexibility index (Phi) is 7.00. The first-order valence-electron chi connectivity index (χ1n) is 8.15. The molecule has 0 atom stereocenters. The van der Waals surface area contributed by atoms with Crippen molar-refractivity contribution >= 4 is 77.5 Å². The Labute approximate surface area is 192 Å². The first-order chi connectivity index (χ1) is 13.4. The summed E-state index contributed by atoms with van der Waals surface area (Å²) in [5, 5.41) is 4.85. The van der Waals surface area contributed by atoms with E-state index in [0.29, 0.717) is 23.7 Å². The minimum Gasteiger partial charge on any atom is -0.492 e. The van der Waals surface area contributed by atoms with Crippen LogP contribution < -0.4 is 14.9 Å². The van der Waals surface area contributed by atoms with Crippen molar-refractivity contribution in [3.8, 4) is 11.5 Å². The number of ether oxygens (including phenoxy) is 2. The van der Waals surface area contributed by atoms with Crippen molar-refractivity contribution in [2.24, 2.45) is 5.10 Å². The van der Waals surface area contributed by atoms with E-state index < -0.39 is 5.91 Å². The number of benzene rings is 2. The number of methoxy groups -OCH3 is 1. The molecule has 1 N–H and O–H groups in total. The molecule has 0 bridgehead atoms. The molecule has 0 aliphatic carbocycles. The van der Waals surface area contributed by atoms with Gasteiger partial charge in [0.05, 0.1) is 28.0 Å². The lowest BCUT2D eigenvalue weighted by molar-refractivity contribution is 0.0929. The maximum atomic E-state index is 12.4. The fourth-order valence-electron chi connectivity index (χ4n) is 2.53. The van der Waals surface area contributed by atoms with Gasteiger partial charge in [-0.05, 0) is 81.3 Å². The summed E-state index contributed by atoms with van der Waals surface area (Å²) in [6.07, 6.45) is 1.52. The smallest absolute Gasteiger partial charge is 0.307 e. The molecule has 3 rings (SSSR count). The van der Waals surface area contributed by atoms with Crippen LogP contribution >= 0.6 is 54.5 Å². The van der Waals surface area contributed by atoms with Crippen molar-refractivity contribution in [3.05, 3.63) is 54.2 Å². The third-order valence-electron chi connectivity index (χ3n) is 3.68. The highest BCUT2D eigenvalue weighted by Gasteiger charge is 2.14. The van der Waals surface area contributed by atoms with E-state index in [1.54, 1.807) is 19.2 Å². The number of fused-ring (bicyclic) bond motifs is 1. The van der Waals surface area contributed by atoms with Gasteiger partial charge in [-0.2, -0.15) is 5.10 Å². The van der Waals surface area contributed by atoms with Gasteiger partial charge in [-0.15, -0.1) is 0 Å². The molecule has 0 aliphatic heterocycles. The van der Waals surface area contributed by atoms with Gasteiger partial charge in [0.15, 0.2) is 17.3 Å². The molecule has 146 valence electrons. The van der Waals surface area contributed by atoms with E-state index >= 15 is 0 Å². The van der Waals surface area contributed by atoms with Crippen LogP contribution in [0.25, 0.3) is 11.0 Å². The van der Waals surface area contributed by atoms with Crippen molar-refractivity contribution in [1.29, 1.82) is 0 Å². The zero-order chi connectivity index (χ0) is 20.3. The maximum Gasteiger partial charge on any atom is 0.307 e. The Balaban J connectivity index is 1.77. The maximum absolute atomic E-state index is 12.4. The van der Waals surface area contributed by atoms with Crippen LogP contribution in [0.1, 0.15) is 23.0 Å². The molecule has 9 heteroatoms. The van der Waals surface area contributed by atoms with Crippen molar-refractivity contribution < 1.29 is 18.7 Å². The lowest BCUT2D eigenvalue weighted by Crippen LogP contribution is -2.16. The van der Waals surface area contributed by atoms with E-state index in [1.165, 1.54) is 6.21 Å². The molecule has 0 radical (unpaired) electrons. The molecule has 28 heavy (non-hydrogen) atoms. The Bertz CT molecular complexity index is 1070. The summed E-state index contributed by atoms with van der Waals surface area (Å²) in [4.78, 5) is 12.4. The molecule has 0 fully saturated rings. The minimum atomic E-state index is -0.433. The Morgan fingerprint density at radius 2 is 2.07 bits per heavy atom. The van der Waals surface area contributed by atoms with E-state index in [-0.39, 0.29) is 5.76 Å². The molecule has 1 heterocycles. The van der Waals surface area contributed by atoms with Crippen LogP contribution in [-0.2, 0) is 0 Å². The minimum absolute atomic E-state index is 0.189. The summed E-state index contributed by atoms with van der Waals surface area (Å²) in [6.45, 7) is 2.39. The van der Waals surface area contributed by atoms with Crippen LogP contribution in [0.5, 0.6) is 11.5 Å². The molecular formula is C19H15Br2IN2O4. The highest BCUT2D eigenvalue weighted by Crippen LogP contribution is 2.36. The molecule has 1 amide bonds. The van der Waals surface area contributed by atoms with Crippen LogP contribution in [0.2, 0.25) is 0 Å². The summed E-state index contributed by atoms with van der Waals surface area (Å²) in [7, 11) is 1.57. The first-order valence-corrected chi connectivity index (χ1v) is 10.8. The van der Waals surface area contributed by atoms with Crippen molar-refractivity contribution in [2.45, 2.75) is 6.92 Å². The number of nitrogens with zero attached hydrogens (tertiary/aromatic N) is 1. The fourth-order valence-corrected chi connectivity index (χ4v) is 4.81. The summed E-state index contributed by atoms with van der Waals surface area (Å²) in [5.74, 6) is 0.946. The van der Waals surface area contributed by atoms with Crippen LogP contribution in [0, 0.1) is 3.57 Å². The average molecular weight is 622 g/mol. The monoisotopic (exact) mass is 620 g/mol. The predicted molar refractivity (Wildman–Crippen MR) is 124 cm³/mol. The number of halogens is 3. The molecule has 0 saturated carbocycles. The summed E-state index contributed by atoms with van der Waals surface area (Å²) >= 11 is 9.04. The van der Waals surface area contributed by atoms with Crippen molar-refractivity contribution in [1.82, 2.24) is 5.43 Å². The Hall–Kier alpha value is -1.59. The third kappa shape index (κ3) is 4.69. The van der Waals surface area contributed by atoms with Gasteiger partial charge in [0.25, 0.3) is 0 Å². The van der Waals surface area contributed by atoms with Crippen molar-refractivity contribution in [3.63, 3.8) is 0 Å². The van der Waals surface area contributed by atoms with E-state index in [1.807, 2.05) is 25.1 Å². The third-order valence-corrected chi connectivity index (χ3v) is 5.52. The van der Waals surface area contributed by atoms with E-state index in [9.17, 15) is 4.79 Å². The number of hydrogen-bond acceptors (Lipinski definition) is 5. The lowest BCUT2D eigenvalue weighted by Gasteiger charge is -2.11. The number of furan rings is 1. The van der Waals surface area contributed by atoms with Gasteiger partial charge in [-0.1, -0.05) is 15.9 Å². The second-order valence-corrected chi connectivity index (χ2v) is 8.52. The zero-order valence-corrected chi connectivity index (χ0v) is 20.2. The van der Waals surface area contributed by atoms with E-state index in [4.69, 9.17) is 13.9 Å². The largest absolute Gasteiger partial charge is 0.492 e. The van der Waals surface area contributed by atoms with Gasteiger partial charge in [0, 0.05) is 9.86 Å². The van der Waals surface area contributed by atoms with Gasteiger partial charge >= 0.3 is 5.91 Å². The normalized spacial score (nSPS) is 11.2. The molecule has 0 spiro atoms. The second-order valence-electron chi connectivity index (χ2n) is 5.58. The standard InChI is InChI=1S/C19H15Br2IN2O4/c1-3-27-15-5-10(4-13(21)18(15)26-2)9-23-24-19(25)16-7-11-6-12(20)8-14(22)17(11)28-16/h4-9H,3H2,1-2H3,(H,24,25)/b23-9-. The van der Waals surface area contributed by atoms with Gasteiger partial charge < -0.3 is 13.9 Å². The highest BCUT2D eigenvalue weighted by molar-refractivity contribution is 14.1. The SMILES string of the molecule is CCOc1cc(/C=N\NC(=O)c2cc3cc(Br)cc(I)c3o2)cc(Br)c1OC. The number of rotatable bonds is 6. The molecule has 6 nitrogen and oxygen atoms in total. The van der Waals surface area contributed by atoms with Crippen molar-refractivity contribution in [2.75, 3.05) is 13.7 Å². The lowest BCUT2D eigenvalue weighted by atomic mass is 10.2. The van der Waals surface area contributed by atoms with Crippen LogP contribution in [-0.4, -0.2) is 25.8 Å². The number of hydrogen-bond donors (Lipinski definition) is 1. The number of amides is 1. The zero-order valence-electron chi connectivity index (χ0n) is 14.9. The number of carbonyl (C=O) groups excluding carboxylic acids is 1. The summed E-state index contributed by atoms with van der Waals surface area (Å²) in [6, 6.07) is 9.10. The summed E-state index contributed by atoms with van der Waals surface area (Å²) < 4.78 is 19.1. The molecule has 2 aromatic carbocycles. The fraction of sp³-hybridized carbons (Fsp3) is 0.158. The topological polar surface area (TPSA) is 73.1 Å².